The average molecular weight is 292 g/mol. The third-order valence-corrected chi connectivity index (χ3v) is 4.09. The summed E-state index contributed by atoms with van der Waals surface area (Å²) in [6.45, 7) is 0.623. The molecule has 1 atom stereocenters. The van der Waals surface area contributed by atoms with E-state index in [1.54, 1.807) is 18.2 Å². The number of nitrogens with one attached hydrogen (secondary N) is 1. The van der Waals surface area contributed by atoms with Crippen molar-refractivity contribution in [3.63, 3.8) is 0 Å². The van der Waals surface area contributed by atoms with Gasteiger partial charge in [-0.1, -0.05) is 41.4 Å². The van der Waals surface area contributed by atoms with E-state index in [9.17, 15) is 4.79 Å². The van der Waals surface area contributed by atoms with Crippen molar-refractivity contribution < 1.29 is 4.79 Å². The molecule has 0 spiro atoms. The lowest BCUT2D eigenvalue weighted by atomic mass is 9.92. The summed E-state index contributed by atoms with van der Waals surface area (Å²) in [6, 6.07) is 12.9. The highest BCUT2D eigenvalue weighted by molar-refractivity contribution is 6.42. The van der Waals surface area contributed by atoms with Crippen LogP contribution in [-0.4, -0.2) is 12.3 Å². The Morgan fingerprint density at radius 3 is 2.68 bits per heavy atom. The zero-order valence-corrected chi connectivity index (χ0v) is 11.5. The average Bonchev–Trinajstić information content (AvgIpc) is 2.85. The summed E-state index contributed by atoms with van der Waals surface area (Å²) < 4.78 is 0. The molecule has 0 saturated carbocycles. The first-order valence-corrected chi connectivity index (χ1v) is 6.74. The van der Waals surface area contributed by atoms with Crippen LogP contribution in [0.5, 0.6) is 0 Å². The highest BCUT2D eigenvalue weighted by Crippen LogP contribution is 2.34. The van der Waals surface area contributed by atoms with Gasteiger partial charge in [-0.05, 0) is 29.8 Å². The molecular weight excluding hydrogens is 281 g/mol. The number of halogens is 2. The van der Waals surface area contributed by atoms with E-state index in [2.05, 4.69) is 5.32 Å². The highest BCUT2D eigenvalue weighted by atomic mass is 35.5. The molecule has 0 amide bonds. The minimum atomic E-state index is -0.159. The molecular formula is C15H11Cl2NO. The van der Waals surface area contributed by atoms with Crippen molar-refractivity contribution in [2.75, 3.05) is 11.9 Å². The normalized spacial score (nSPS) is 16.8. The van der Waals surface area contributed by atoms with Crippen LogP contribution in [0, 0.1) is 0 Å². The maximum atomic E-state index is 12.5. The summed E-state index contributed by atoms with van der Waals surface area (Å²) >= 11 is 11.8. The van der Waals surface area contributed by atoms with Gasteiger partial charge in [-0.15, -0.1) is 0 Å². The molecule has 1 N–H and O–H groups in total. The molecule has 96 valence electrons. The van der Waals surface area contributed by atoms with Crippen LogP contribution in [0.3, 0.4) is 0 Å². The number of benzene rings is 2. The van der Waals surface area contributed by atoms with Crippen LogP contribution in [0.15, 0.2) is 42.5 Å². The Morgan fingerprint density at radius 1 is 1.11 bits per heavy atom. The van der Waals surface area contributed by atoms with Crippen molar-refractivity contribution in [2.45, 2.75) is 5.92 Å². The summed E-state index contributed by atoms with van der Waals surface area (Å²) in [5.41, 5.74) is 2.66. The summed E-state index contributed by atoms with van der Waals surface area (Å²) in [5.74, 6) is -0.0931. The van der Waals surface area contributed by atoms with E-state index in [0.717, 1.165) is 11.3 Å². The standard InChI is InChI=1S/C15H11Cl2NO/c16-12-6-5-9(7-13(12)17)15(19)11-8-18-14-4-2-1-3-10(11)14/h1-7,11,18H,8H2. The Morgan fingerprint density at radius 2 is 1.89 bits per heavy atom. The van der Waals surface area contributed by atoms with Gasteiger partial charge in [0.2, 0.25) is 0 Å². The molecule has 19 heavy (non-hydrogen) atoms. The third-order valence-electron chi connectivity index (χ3n) is 3.35. The molecule has 0 aromatic heterocycles. The number of carbonyl (C=O) groups is 1. The first-order chi connectivity index (χ1) is 9.16. The van der Waals surface area contributed by atoms with E-state index < -0.39 is 0 Å². The second kappa shape index (κ2) is 4.87. The van der Waals surface area contributed by atoms with Crippen molar-refractivity contribution in [3.8, 4) is 0 Å². The molecule has 1 aliphatic heterocycles. The van der Waals surface area contributed by atoms with Gasteiger partial charge in [-0.3, -0.25) is 4.79 Å². The Kier molecular flexibility index (Phi) is 3.21. The zero-order chi connectivity index (χ0) is 13.4. The summed E-state index contributed by atoms with van der Waals surface area (Å²) in [5, 5.41) is 4.12. The fourth-order valence-corrected chi connectivity index (χ4v) is 2.67. The maximum Gasteiger partial charge on any atom is 0.172 e. The van der Waals surface area contributed by atoms with E-state index in [-0.39, 0.29) is 11.7 Å². The van der Waals surface area contributed by atoms with Crippen LogP contribution in [0.2, 0.25) is 10.0 Å². The molecule has 3 rings (SSSR count). The smallest absolute Gasteiger partial charge is 0.172 e. The number of hydrogen-bond donors (Lipinski definition) is 1. The lowest BCUT2D eigenvalue weighted by molar-refractivity contribution is 0.0966. The van der Waals surface area contributed by atoms with E-state index >= 15 is 0 Å². The molecule has 0 aliphatic carbocycles. The first-order valence-electron chi connectivity index (χ1n) is 5.99. The van der Waals surface area contributed by atoms with Gasteiger partial charge < -0.3 is 5.32 Å². The van der Waals surface area contributed by atoms with Crippen molar-refractivity contribution in [1.82, 2.24) is 0 Å². The number of para-hydroxylation sites is 1. The van der Waals surface area contributed by atoms with Gasteiger partial charge in [0.15, 0.2) is 5.78 Å². The number of hydrogen-bond acceptors (Lipinski definition) is 2. The van der Waals surface area contributed by atoms with E-state index in [0.29, 0.717) is 22.2 Å². The second-order valence-corrected chi connectivity index (χ2v) is 5.33. The maximum absolute atomic E-state index is 12.5. The fourth-order valence-electron chi connectivity index (χ4n) is 2.37. The largest absolute Gasteiger partial charge is 0.384 e. The minimum absolute atomic E-state index is 0.0658. The first kappa shape index (κ1) is 12.5. The monoisotopic (exact) mass is 291 g/mol. The highest BCUT2D eigenvalue weighted by Gasteiger charge is 2.28. The summed E-state index contributed by atoms with van der Waals surface area (Å²) in [6.07, 6.45) is 0. The van der Waals surface area contributed by atoms with Crippen LogP contribution in [-0.2, 0) is 0 Å². The van der Waals surface area contributed by atoms with E-state index in [1.807, 2.05) is 24.3 Å². The quantitative estimate of drug-likeness (QED) is 0.832. The molecule has 2 aromatic carbocycles. The Bertz CT molecular complexity index is 654. The molecule has 0 radical (unpaired) electrons. The number of rotatable bonds is 2. The molecule has 1 aliphatic rings. The van der Waals surface area contributed by atoms with E-state index in [1.165, 1.54) is 0 Å². The van der Waals surface area contributed by atoms with Crippen LogP contribution in [0.1, 0.15) is 21.8 Å². The van der Waals surface area contributed by atoms with Crippen molar-refractivity contribution in [1.29, 1.82) is 0 Å². The van der Waals surface area contributed by atoms with Crippen LogP contribution in [0.25, 0.3) is 0 Å². The van der Waals surface area contributed by atoms with Gasteiger partial charge in [0.25, 0.3) is 0 Å². The van der Waals surface area contributed by atoms with Crippen molar-refractivity contribution in [3.05, 3.63) is 63.6 Å². The summed E-state index contributed by atoms with van der Waals surface area (Å²) in [4.78, 5) is 12.5. The number of fused-ring (bicyclic) bond motifs is 1. The van der Waals surface area contributed by atoms with Gasteiger partial charge in [0.05, 0.1) is 16.0 Å². The molecule has 0 bridgehead atoms. The van der Waals surface area contributed by atoms with Gasteiger partial charge >= 0.3 is 0 Å². The Balaban J connectivity index is 1.95. The Hall–Kier alpha value is -1.51. The molecule has 0 fully saturated rings. The van der Waals surface area contributed by atoms with Crippen LogP contribution in [0.4, 0.5) is 5.69 Å². The van der Waals surface area contributed by atoms with Gasteiger partial charge in [0, 0.05) is 17.8 Å². The number of ketones is 1. The zero-order valence-electron chi connectivity index (χ0n) is 9.99. The number of Topliss-reactive ketones (excluding diaryl/α,β-unsaturated/α-hetero) is 1. The number of anilines is 1. The van der Waals surface area contributed by atoms with Crippen LogP contribution < -0.4 is 5.32 Å². The van der Waals surface area contributed by atoms with E-state index in [4.69, 9.17) is 23.2 Å². The molecule has 2 aromatic rings. The van der Waals surface area contributed by atoms with Gasteiger partial charge in [-0.2, -0.15) is 0 Å². The summed E-state index contributed by atoms with van der Waals surface area (Å²) in [7, 11) is 0. The lowest BCUT2D eigenvalue weighted by Crippen LogP contribution is -2.14. The van der Waals surface area contributed by atoms with Crippen LogP contribution >= 0.6 is 23.2 Å². The Labute approximate surface area is 121 Å². The second-order valence-electron chi connectivity index (χ2n) is 4.51. The molecule has 0 saturated heterocycles. The topological polar surface area (TPSA) is 29.1 Å². The van der Waals surface area contributed by atoms with Crippen molar-refractivity contribution in [2.24, 2.45) is 0 Å². The van der Waals surface area contributed by atoms with Gasteiger partial charge in [0.1, 0.15) is 0 Å². The predicted molar refractivity (Wildman–Crippen MR) is 78.5 cm³/mol. The number of carbonyl (C=O) groups excluding carboxylic acids is 1. The molecule has 4 heteroatoms. The predicted octanol–water partition coefficient (Wildman–Crippen LogP) is 4.39. The minimum Gasteiger partial charge on any atom is -0.384 e. The SMILES string of the molecule is O=C(c1ccc(Cl)c(Cl)c1)C1CNc2ccccc21. The van der Waals surface area contributed by atoms with Gasteiger partial charge in [-0.25, -0.2) is 0 Å². The van der Waals surface area contributed by atoms with Crippen molar-refractivity contribution >= 4 is 34.7 Å². The third kappa shape index (κ3) is 2.22. The fraction of sp³-hybridized carbons (Fsp3) is 0.133. The lowest BCUT2D eigenvalue weighted by Gasteiger charge is -2.09. The molecule has 2 nitrogen and oxygen atoms in total. The molecule has 1 heterocycles. The molecule has 1 unspecified atom stereocenters.